The Morgan fingerprint density at radius 1 is 1.00 bits per heavy atom. The van der Waals surface area contributed by atoms with Gasteiger partial charge in [0.2, 0.25) is 0 Å². The number of benzene rings is 3. The molecule has 30 heavy (non-hydrogen) atoms. The van der Waals surface area contributed by atoms with Crippen LogP contribution >= 0.6 is 0 Å². The summed E-state index contributed by atoms with van der Waals surface area (Å²) in [6.07, 6.45) is 0. The van der Waals surface area contributed by atoms with Gasteiger partial charge in [0.25, 0.3) is 0 Å². The molecule has 5 heteroatoms. The lowest BCUT2D eigenvalue weighted by atomic mass is 10.1. The molecule has 0 bridgehead atoms. The molecule has 0 amide bonds. The van der Waals surface area contributed by atoms with Crippen molar-refractivity contribution in [2.45, 2.75) is 33.9 Å². The molecule has 0 radical (unpaired) electrons. The van der Waals surface area contributed by atoms with E-state index in [4.69, 9.17) is 14.6 Å². The van der Waals surface area contributed by atoms with Crippen LogP contribution in [0.4, 0.5) is 5.69 Å². The van der Waals surface area contributed by atoms with Gasteiger partial charge in [-0.2, -0.15) is 0 Å². The number of anilines is 1. The predicted molar refractivity (Wildman–Crippen MR) is 119 cm³/mol. The SMILES string of the molecule is CCOc1cccc(CNc2ccc(C(=O)O)cc2C)c1OCc1ccc(C)cc1. The number of aromatic carboxylic acids is 1. The number of aryl methyl sites for hydroxylation is 2. The third kappa shape index (κ3) is 5.32. The number of nitrogens with one attached hydrogen (secondary N) is 1. The van der Waals surface area contributed by atoms with Gasteiger partial charge in [-0.05, 0) is 56.2 Å². The van der Waals surface area contributed by atoms with E-state index in [1.807, 2.05) is 32.0 Å². The molecule has 0 atom stereocenters. The minimum atomic E-state index is -0.930. The molecule has 0 fully saturated rings. The lowest BCUT2D eigenvalue weighted by Gasteiger charge is -2.17. The first-order valence-electron chi connectivity index (χ1n) is 9.98. The van der Waals surface area contributed by atoms with Crippen molar-refractivity contribution in [3.05, 3.63) is 88.5 Å². The Hall–Kier alpha value is -3.47. The minimum Gasteiger partial charge on any atom is -0.490 e. The predicted octanol–water partition coefficient (Wildman–Crippen LogP) is 5.59. The van der Waals surface area contributed by atoms with Crippen LogP contribution in [0.25, 0.3) is 0 Å². The molecule has 0 aliphatic carbocycles. The molecule has 0 saturated heterocycles. The van der Waals surface area contributed by atoms with Gasteiger partial charge in [0.1, 0.15) is 6.61 Å². The average molecular weight is 405 g/mol. The zero-order valence-corrected chi connectivity index (χ0v) is 17.6. The lowest BCUT2D eigenvalue weighted by Crippen LogP contribution is -2.07. The van der Waals surface area contributed by atoms with Gasteiger partial charge in [-0.15, -0.1) is 0 Å². The maximum atomic E-state index is 11.1. The smallest absolute Gasteiger partial charge is 0.335 e. The van der Waals surface area contributed by atoms with Gasteiger partial charge in [-0.1, -0.05) is 42.0 Å². The summed E-state index contributed by atoms with van der Waals surface area (Å²) in [5.74, 6) is 0.495. The first-order chi connectivity index (χ1) is 14.5. The Labute approximate surface area is 177 Å². The zero-order chi connectivity index (χ0) is 21.5. The van der Waals surface area contributed by atoms with Crippen molar-refractivity contribution in [2.24, 2.45) is 0 Å². The number of ether oxygens (including phenoxy) is 2. The molecule has 156 valence electrons. The maximum Gasteiger partial charge on any atom is 0.335 e. The van der Waals surface area contributed by atoms with Crippen molar-refractivity contribution in [1.82, 2.24) is 0 Å². The van der Waals surface area contributed by atoms with Gasteiger partial charge in [-0.3, -0.25) is 0 Å². The normalized spacial score (nSPS) is 10.5. The Bertz CT molecular complexity index is 1010. The lowest BCUT2D eigenvalue weighted by molar-refractivity contribution is 0.0697. The summed E-state index contributed by atoms with van der Waals surface area (Å²) in [4.78, 5) is 11.1. The van der Waals surface area contributed by atoms with Crippen molar-refractivity contribution < 1.29 is 19.4 Å². The van der Waals surface area contributed by atoms with E-state index in [0.29, 0.717) is 31.3 Å². The topological polar surface area (TPSA) is 67.8 Å². The highest BCUT2D eigenvalue weighted by molar-refractivity contribution is 5.88. The van der Waals surface area contributed by atoms with Crippen LogP contribution in [0.5, 0.6) is 11.5 Å². The maximum absolute atomic E-state index is 11.1. The van der Waals surface area contributed by atoms with Crippen LogP contribution in [-0.2, 0) is 13.2 Å². The van der Waals surface area contributed by atoms with Crippen LogP contribution in [0.1, 0.15) is 39.5 Å². The molecule has 0 heterocycles. The number of hydrogen-bond acceptors (Lipinski definition) is 4. The highest BCUT2D eigenvalue weighted by atomic mass is 16.5. The molecule has 3 aromatic carbocycles. The molecule has 0 aliphatic rings. The molecule has 0 aliphatic heterocycles. The van der Waals surface area contributed by atoms with Crippen LogP contribution in [0.3, 0.4) is 0 Å². The van der Waals surface area contributed by atoms with Crippen LogP contribution in [0, 0.1) is 13.8 Å². The summed E-state index contributed by atoms with van der Waals surface area (Å²) in [6, 6.07) is 19.2. The van der Waals surface area contributed by atoms with Crippen molar-refractivity contribution >= 4 is 11.7 Å². The Kier molecular flexibility index (Phi) is 6.96. The van der Waals surface area contributed by atoms with Crippen molar-refractivity contribution in [1.29, 1.82) is 0 Å². The van der Waals surface area contributed by atoms with Crippen LogP contribution in [0.15, 0.2) is 60.7 Å². The Balaban J connectivity index is 1.79. The quantitative estimate of drug-likeness (QED) is 0.486. The van der Waals surface area contributed by atoms with Gasteiger partial charge in [0.05, 0.1) is 12.2 Å². The Morgan fingerprint density at radius 2 is 1.77 bits per heavy atom. The number of carbonyl (C=O) groups is 1. The van der Waals surface area contributed by atoms with Crippen LogP contribution in [-0.4, -0.2) is 17.7 Å². The average Bonchev–Trinajstić information content (AvgIpc) is 2.73. The van der Waals surface area contributed by atoms with Crippen LogP contribution in [0.2, 0.25) is 0 Å². The summed E-state index contributed by atoms with van der Waals surface area (Å²) >= 11 is 0. The van der Waals surface area contributed by atoms with E-state index in [1.54, 1.807) is 18.2 Å². The van der Waals surface area contributed by atoms with E-state index >= 15 is 0 Å². The molecular weight excluding hydrogens is 378 g/mol. The first kappa shape index (κ1) is 21.2. The summed E-state index contributed by atoms with van der Waals surface area (Å²) in [5, 5.41) is 12.5. The van der Waals surface area contributed by atoms with E-state index < -0.39 is 5.97 Å². The molecular formula is C25H27NO4. The fourth-order valence-electron chi connectivity index (χ4n) is 3.16. The van der Waals surface area contributed by atoms with E-state index in [0.717, 1.165) is 22.4 Å². The van der Waals surface area contributed by atoms with Crippen molar-refractivity contribution in [3.63, 3.8) is 0 Å². The fraction of sp³-hybridized carbons (Fsp3) is 0.240. The van der Waals surface area contributed by atoms with Gasteiger partial charge in [0.15, 0.2) is 11.5 Å². The number of carboxylic acids is 1. The first-order valence-corrected chi connectivity index (χ1v) is 9.98. The molecule has 0 saturated carbocycles. The molecule has 0 spiro atoms. The third-order valence-electron chi connectivity index (χ3n) is 4.81. The molecule has 0 unspecified atom stereocenters. The van der Waals surface area contributed by atoms with Crippen molar-refractivity contribution in [3.8, 4) is 11.5 Å². The fourth-order valence-corrected chi connectivity index (χ4v) is 3.16. The number of rotatable bonds is 9. The van der Waals surface area contributed by atoms with E-state index in [-0.39, 0.29) is 5.56 Å². The Morgan fingerprint density at radius 3 is 2.43 bits per heavy atom. The van der Waals surface area contributed by atoms with Gasteiger partial charge in [-0.25, -0.2) is 4.79 Å². The number of para-hydroxylation sites is 1. The minimum absolute atomic E-state index is 0.276. The number of hydrogen-bond donors (Lipinski definition) is 2. The summed E-state index contributed by atoms with van der Waals surface area (Å²) in [6.45, 7) is 7.42. The highest BCUT2D eigenvalue weighted by Gasteiger charge is 2.13. The second-order valence-corrected chi connectivity index (χ2v) is 7.14. The largest absolute Gasteiger partial charge is 0.490 e. The molecule has 0 aromatic heterocycles. The van der Waals surface area contributed by atoms with Crippen LogP contribution < -0.4 is 14.8 Å². The summed E-state index contributed by atoms with van der Waals surface area (Å²) in [5.41, 5.74) is 5.30. The van der Waals surface area contributed by atoms with E-state index in [1.165, 1.54) is 5.56 Å². The molecule has 2 N–H and O–H groups in total. The summed E-state index contributed by atoms with van der Waals surface area (Å²) < 4.78 is 12.0. The second-order valence-electron chi connectivity index (χ2n) is 7.14. The van der Waals surface area contributed by atoms with E-state index in [2.05, 4.69) is 36.5 Å². The van der Waals surface area contributed by atoms with Gasteiger partial charge in [0, 0.05) is 17.8 Å². The molecule has 3 aromatic rings. The second kappa shape index (κ2) is 9.83. The highest BCUT2D eigenvalue weighted by Crippen LogP contribution is 2.33. The summed E-state index contributed by atoms with van der Waals surface area (Å²) in [7, 11) is 0. The van der Waals surface area contributed by atoms with E-state index in [9.17, 15) is 4.79 Å². The standard InChI is InChI=1S/C25H27NO4/c1-4-29-23-7-5-6-21(24(23)30-16-19-10-8-17(2)9-11-19)15-26-22-13-12-20(25(27)28)14-18(22)3/h5-14,26H,4,15-16H2,1-3H3,(H,27,28). The third-order valence-corrected chi connectivity index (χ3v) is 4.81. The molecule has 5 nitrogen and oxygen atoms in total. The van der Waals surface area contributed by atoms with Gasteiger partial charge < -0.3 is 19.9 Å². The zero-order valence-electron chi connectivity index (χ0n) is 17.6. The van der Waals surface area contributed by atoms with Crippen molar-refractivity contribution in [2.75, 3.05) is 11.9 Å². The molecule has 3 rings (SSSR count). The van der Waals surface area contributed by atoms with Gasteiger partial charge >= 0.3 is 5.97 Å². The monoisotopic (exact) mass is 405 g/mol. The number of carboxylic acid groups (broad SMARTS) is 1.